The van der Waals surface area contributed by atoms with Crippen molar-refractivity contribution in [2.45, 2.75) is 211 Å². The van der Waals surface area contributed by atoms with Gasteiger partial charge in [-0.15, -0.1) is 0 Å². The van der Waals surface area contributed by atoms with Gasteiger partial charge in [-0.05, 0) is 361 Å². The minimum atomic E-state index is -5.63. The first-order chi connectivity index (χ1) is 44.5. The van der Waals surface area contributed by atoms with E-state index in [-0.39, 0.29) is 75.2 Å². The number of ether oxygens (including phenoxy) is 2. The predicted molar refractivity (Wildman–Crippen MR) is 395 cm³/mol. The third kappa shape index (κ3) is 30.8. The second-order valence-electron chi connectivity index (χ2n) is 23.8. The van der Waals surface area contributed by atoms with Crippen molar-refractivity contribution >= 4 is 51.8 Å². The van der Waals surface area contributed by atoms with E-state index in [1.165, 1.54) is 131 Å². The molecule has 0 saturated carbocycles. The summed E-state index contributed by atoms with van der Waals surface area (Å²) in [5, 5.41) is 42.4. The number of carbonyl (C=O) groups is 3. The first kappa shape index (κ1) is 98.2. The van der Waals surface area contributed by atoms with Crippen molar-refractivity contribution in [3.8, 4) is 5.75 Å². The molecule has 0 spiro atoms. The summed E-state index contributed by atoms with van der Waals surface area (Å²) >= 11 is 0. The summed E-state index contributed by atoms with van der Waals surface area (Å²) in [6.07, 6.45) is 8.08. The zero-order valence-electron chi connectivity index (χ0n) is 64.1. The molecule has 0 aliphatic rings. The number of esters is 2. The van der Waals surface area contributed by atoms with Gasteiger partial charge in [0, 0.05) is 30.9 Å². The van der Waals surface area contributed by atoms with Crippen LogP contribution in [0.25, 0.3) is 6.08 Å². The quantitative estimate of drug-likeness (QED) is 0.0100. The van der Waals surface area contributed by atoms with Crippen molar-refractivity contribution < 1.29 is 101 Å². The Morgan fingerprint density at radius 3 is 1.00 bits per heavy atom. The topological polar surface area (TPSA) is 223 Å². The average molecular weight is 1400 g/mol. The fourth-order valence-corrected chi connectivity index (χ4v) is 10.7. The Kier molecular flexibility index (Phi) is 47.9. The number of halogens is 3. The van der Waals surface area contributed by atoms with E-state index in [1.54, 1.807) is 33.8 Å². The van der Waals surface area contributed by atoms with Crippen LogP contribution in [0.4, 0.5) is 13.2 Å². The summed E-state index contributed by atoms with van der Waals surface area (Å²) in [7, 11) is -5.63. The molecular weight excluding hydrogens is 1280 g/mol. The number of benzene rings is 6. The monoisotopic (exact) mass is 1400 g/mol. The molecule has 0 heterocycles. The fourth-order valence-electron chi connectivity index (χ4n) is 10.2. The van der Waals surface area contributed by atoms with Crippen molar-refractivity contribution in [3.63, 3.8) is 0 Å². The first-order valence-electron chi connectivity index (χ1n) is 31.8. The molecule has 20 heteroatoms. The molecule has 98 heavy (non-hydrogen) atoms. The molecule has 0 aliphatic carbocycles. The molecule has 0 saturated heterocycles. The molecule has 6 aromatic rings. The summed E-state index contributed by atoms with van der Waals surface area (Å²) in [5.74, 6) is -0.891. The molecule has 0 aliphatic heterocycles. The van der Waals surface area contributed by atoms with Gasteiger partial charge in [-0.25, -0.2) is 20.1 Å². The number of aliphatic hydroxyl groups excluding tert-OH is 3. The Labute approximate surface area is 608 Å². The van der Waals surface area contributed by atoms with E-state index in [4.69, 9.17) is 30.6 Å². The summed E-state index contributed by atoms with van der Waals surface area (Å²) in [4.78, 5) is 32.1. The summed E-state index contributed by atoms with van der Waals surface area (Å²) in [5.41, 5.74) is 27.8. The maximum Gasteiger partial charge on any atom is 1.00 e. The van der Waals surface area contributed by atoms with Gasteiger partial charge in [0.1, 0.15) is 5.75 Å². The van der Waals surface area contributed by atoms with Gasteiger partial charge in [0.2, 0.25) is 0 Å². The molecule has 542 valence electrons. The molecule has 0 unspecified atom stereocenters. The summed E-state index contributed by atoms with van der Waals surface area (Å²) in [6.45, 7) is 56.5. The molecule has 6 rings (SSSR count). The van der Waals surface area contributed by atoms with Crippen molar-refractivity contribution in [2.75, 3.05) is 26.4 Å². The van der Waals surface area contributed by atoms with E-state index >= 15 is 0 Å². The molecule has 0 fully saturated rings. The predicted octanol–water partition coefficient (Wildman–Crippen LogP) is 13.7. The van der Waals surface area contributed by atoms with Crippen molar-refractivity contribution in [1.29, 1.82) is 0 Å². The molecule has 6 aromatic carbocycles. The van der Waals surface area contributed by atoms with E-state index in [1.807, 2.05) is 33.8 Å². The van der Waals surface area contributed by atoms with E-state index in [0.29, 0.717) is 35.5 Å². The average Bonchev–Trinajstić information content (AvgIpc) is 0.811. The van der Waals surface area contributed by atoms with Gasteiger partial charge >= 0.3 is 46.4 Å². The zero-order valence-corrected chi connectivity index (χ0v) is 63.9. The number of aldehydes is 1. The number of aryl methyl sites for hydroxylation is 12. The van der Waals surface area contributed by atoms with Crippen LogP contribution in [-0.2, 0) is 53.7 Å². The normalized spacial score (nSPS) is 10.3. The van der Waals surface area contributed by atoms with Crippen molar-refractivity contribution in [2.24, 2.45) is 0 Å². The van der Waals surface area contributed by atoms with Gasteiger partial charge in [0.25, 0.3) is 0 Å². The Morgan fingerprint density at radius 2 is 0.745 bits per heavy atom. The minimum absolute atomic E-state index is 0. The second-order valence-corrected chi connectivity index (χ2v) is 25.4. The third-order valence-electron chi connectivity index (χ3n) is 17.5. The van der Waals surface area contributed by atoms with Gasteiger partial charge in [-0.3, -0.25) is 4.79 Å². The molecule has 0 atom stereocenters. The number of carbonyl (C=O) groups excluding carboxylic acids is 3. The standard InChI is InChI=1S/C15H20O2.C13H20O.C12H18O.C11H13F3O3S.C11H16O.C11H14O.C5H8O2.Al.Li.H2O3.4H/c1-6-17-15(16)8-7-14-12(4)10(2)9-11(3)13(14)5;1-9-8-10(2)12(4)13(11(9)3)6-5-7-14;1-8-7-9(2)11(4)12(5-6-13)10(8)3;1-6-5-7(2)9(4)10(8(6)3)17-18(15,16)11(12,13)14;2*1-7-5-8(2)10(4)11(6-12)9(7)3;1-3-5(6)7-4-2;;;1-3-2;;;;/h7-9H,6H2,1-5H3;8,14H,5-7H2,1-4H3;7,13H,5-6H2,1-4H3;5H,1-4H3;5,12H,6H2,1-4H3;5-6H,1-4H3;3H,1,4H2,2H3;;;1-2H;;;;/q;;;;;;;;+1;;;;;-1/b8-7+;;;;;;;;;;;;;. The number of rotatable bonds is 14. The van der Waals surface area contributed by atoms with Gasteiger partial charge in [0.05, 0.1) is 19.8 Å². The van der Waals surface area contributed by atoms with Crippen LogP contribution in [0.3, 0.4) is 0 Å². The van der Waals surface area contributed by atoms with E-state index in [0.717, 1.165) is 59.4 Å². The van der Waals surface area contributed by atoms with Crippen LogP contribution in [0.1, 0.15) is 188 Å². The third-order valence-corrected chi connectivity index (χ3v) is 18.5. The van der Waals surface area contributed by atoms with Crippen LogP contribution in [0, 0.1) is 166 Å². The zero-order chi connectivity index (χ0) is 75.0. The molecule has 14 nitrogen and oxygen atoms in total. The Balaban J connectivity index is -0.000000347. The van der Waals surface area contributed by atoms with E-state index in [2.05, 4.69) is 162 Å². The molecule has 5 N–H and O–H groups in total. The molecule has 0 radical (unpaired) electrons. The summed E-state index contributed by atoms with van der Waals surface area (Å²) in [6, 6.07) is 12.7. The number of hydrogen-bond donors (Lipinski definition) is 5. The van der Waals surface area contributed by atoms with Crippen LogP contribution in [0.2, 0.25) is 0 Å². The van der Waals surface area contributed by atoms with Crippen LogP contribution in [0.15, 0.2) is 55.1 Å². The SMILES string of the molecule is C=CC(=O)OCC.CCOC(=O)/C=C/c1c(C)c(C)cc(C)c1C.Cc1cc(C)c(C)c(C=O)c1C.Cc1cc(C)c(C)c(CCCO)c1C.Cc1cc(C)c(C)c(CCO)c1C.Cc1cc(C)c(C)c(CO)c1C.Cc1cc(C)c(C)c(OS(=O)(=O)C(F)(F)F)c1C.OOO.[AlH3].[H-].[Li+]. The number of hydrogen-bond acceptors (Lipinski definition) is 14. The van der Waals surface area contributed by atoms with Crippen LogP contribution in [-0.4, -0.2) is 102 Å². The van der Waals surface area contributed by atoms with E-state index in [9.17, 15) is 36.0 Å². The molecule has 0 bridgehead atoms. The molecule has 0 aromatic heterocycles. The number of alkyl halides is 3. The Bertz CT molecular complexity index is 3580. The van der Waals surface area contributed by atoms with Crippen LogP contribution >= 0.6 is 0 Å². The smallest absolute Gasteiger partial charge is 1.00 e. The van der Waals surface area contributed by atoms with Gasteiger partial charge in [0.15, 0.2) is 23.6 Å². The van der Waals surface area contributed by atoms with E-state index < -0.39 is 15.6 Å². The minimum Gasteiger partial charge on any atom is -1.00 e. The summed E-state index contributed by atoms with van der Waals surface area (Å²) < 4.78 is 72.4. The maximum absolute atomic E-state index is 12.3. The van der Waals surface area contributed by atoms with Crippen LogP contribution < -0.4 is 23.0 Å². The second kappa shape index (κ2) is 47.8. The van der Waals surface area contributed by atoms with Gasteiger partial charge in [-0.1, -0.05) is 48.0 Å². The van der Waals surface area contributed by atoms with Crippen molar-refractivity contribution in [1.82, 2.24) is 0 Å². The largest absolute Gasteiger partial charge is 1.00 e. The molecule has 0 amide bonds. The van der Waals surface area contributed by atoms with Crippen molar-refractivity contribution in [3.05, 3.63) is 216 Å². The number of aliphatic hydroxyl groups is 3. The fraction of sp³-hybridized carbons (Fsp3) is 0.449. The van der Waals surface area contributed by atoms with Gasteiger partial charge in [-0.2, -0.15) is 21.6 Å². The first-order valence-corrected chi connectivity index (χ1v) is 33.2. The van der Waals surface area contributed by atoms with Crippen LogP contribution in [0.5, 0.6) is 5.75 Å². The maximum atomic E-state index is 12.3. The Morgan fingerprint density at radius 1 is 0.469 bits per heavy atom. The Hall–Kier alpha value is -6.16. The van der Waals surface area contributed by atoms with Gasteiger partial charge < -0.3 is 30.4 Å². The molecular formula is C78H115AlF3LiO14S.